The molecule has 0 spiro atoms. The number of benzene rings is 2. The van der Waals surface area contributed by atoms with Crippen LogP contribution in [0.1, 0.15) is 27.8 Å². The molecular weight excluding hydrogens is 317 g/mol. The van der Waals surface area contributed by atoms with Crippen molar-refractivity contribution in [2.75, 3.05) is 0 Å². The van der Waals surface area contributed by atoms with E-state index in [9.17, 15) is 18.0 Å². The first-order valence-electron chi connectivity index (χ1n) is 7.84. The maximum atomic E-state index is 12.3. The molecule has 6 rings (SSSR count). The van der Waals surface area contributed by atoms with E-state index in [0.29, 0.717) is 12.0 Å². The van der Waals surface area contributed by atoms with Gasteiger partial charge in [-0.2, -0.15) is 13.2 Å². The average molecular weight is 334 g/mol. The molecule has 0 aliphatic heterocycles. The highest BCUT2D eigenvalue weighted by Gasteiger charge is 2.40. The number of carbonyl (C=O) groups excluding carboxylic acids is 1. The molecule has 0 saturated carbocycles. The summed E-state index contributed by atoms with van der Waals surface area (Å²) in [5.41, 5.74) is 5.01. The van der Waals surface area contributed by atoms with Gasteiger partial charge < -0.3 is 4.74 Å². The van der Waals surface area contributed by atoms with E-state index in [0.717, 1.165) is 30.4 Å². The third kappa shape index (κ3) is 3.96. The molecular formula is C19H17F3O2. The third-order valence-electron chi connectivity index (χ3n) is 4.27. The minimum atomic E-state index is -4.96. The fourth-order valence-electron chi connectivity index (χ4n) is 2.88. The van der Waals surface area contributed by atoms with Crippen LogP contribution < -0.4 is 0 Å². The molecule has 0 unspecified atom stereocenters. The first kappa shape index (κ1) is 16.6. The van der Waals surface area contributed by atoms with E-state index in [-0.39, 0.29) is 6.61 Å². The molecule has 4 bridgehead atoms. The zero-order valence-corrected chi connectivity index (χ0v) is 13.0. The van der Waals surface area contributed by atoms with Gasteiger partial charge in [-0.05, 0) is 53.5 Å². The molecule has 2 aromatic carbocycles. The van der Waals surface area contributed by atoms with Crippen molar-refractivity contribution in [1.29, 1.82) is 0 Å². The summed E-state index contributed by atoms with van der Waals surface area (Å²) in [5.74, 6) is -2.14. The summed E-state index contributed by atoms with van der Waals surface area (Å²) >= 11 is 0. The van der Waals surface area contributed by atoms with Crippen molar-refractivity contribution in [3.8, 4) is 0 Å². The molecule has 0 radical (unpaired) electrons. The fraction of sp³-hybridized carbons (Fsp3) is 0.316. The van der Waals surface area contributed by atoms with E-state index in [1.807, 2.05) is 18.2 Å². The molecule has 0 atom stereocenters. The lowest BCUT2D eigenvalue weighted by atomic mass is 9.93. The molecule has 0 fully saturated rings. The van der Waals surface area contributed by atoms with Crippen molar-refractivity contribution < 1.29 is 22.7 Å². The number of alkyl halides is 3. The zero-order valence-electron chi connectivity index (χ0n) is 13.0. The van der Waals surface area contributed by atoms with Crippen molar-refractivity contribution in [2.24, 2.45) is 0 Å². The Labute approximate surface area is 138 Å². The van der Waals surface area contributed by atoms with Gasteiger partial charge >= 0.3 is 12.1 Å². The van der Waals surface area contributed by atoms with Gasteiger partial charge in [0.05, 0.1) is 0 Å². The number of esters is 1. The molecule has 0 amide bonds. The van der Waals surface area contributed by atoms with Crippen LogP contribution >= 0.6 is 0 Å². The summed E-state index contributed by atoms with van der Waals surface area (Å²) in [5, 5.41) is 0. The van der Waals surface area contributed by atoms with Gasteiger partial charge in [-0.1, -0.05) is 42.5 Å². The number of hydrogen-bond donors (Lipinski definition) is 0. The Hall–Kier alpha value is -2.30. The smallest absolute Gasteiger partial charge is 0.454 e. The Balaban J connectivity index is 1.82. The lowest BCUT2D eigenvalue weighted by Gasteiger charge is -2.15. The maximum absolute atomic E-state index is 12.3. The summed E-state index contributed by atoms with van der Waals surface area (Å²) in [6.45, 7) is -0.348. The van der Waals surface area contributed by atoms with Crippen molar-refractivity contribution >= 4 is 5.97 Å². The van der Waals surface area contributed by atoms with Gasteiger partial charge in [0.2, 0.25) is 0 Å². The van der Waals surface area contributed by atoms with Crippen LogP contribution in [0, 0.1) is 0 Å². The second kappa shape index (κ2) is 6.67. The highest BCUT2D eigenvalue weighted by atomic mass is 19.4. The van der Waals surface area contributed by atoms with Gasteiger partial charge in [0.15, 0.2) is 0 Å². The number of rotatable bonds is 2. The molecule has 5 heteroatoms. The lowest BCUT2D eigenvalue weighted by molar-refractivity contribution is -0.201. The first-order chi connectivity index (χ1) is 11.4. The molecule has 2 aromatic rings. The molecule has 0 heterocycles. The molecule has 2 nitrogen and oxygen atoms in total. The van der Waals surface area contributed by atoms with Gasteiger partial charge in [-0.15, -0.1) is 0 Å². The number of halogens is 3. The van der Waals surface area contributed by atoms with E-state index < -0.39 is 12.1 Å². The van der Waals surface area contributed by atoms with Gasteiger partial charge in [-0.25, -0.2) is 4.79 Å². The number of ether oxygens (including phenoxy) is 1. The average Bonchev–Trinajstić information content (AvgIpc) is 2.54. The largest absolute Gasteiger partial charge is 0.490 e. The summed E-state index contributed by atoms with van der Waals surface area (Å²) in [7, 11) is 0. The number of aryl methyl sites for hydroxylation is 4. The Morgan fingerprint density at radius 3 is 2.04 bits per heavy atom. The predicted molar refractivity (Wildman–Crippen MR) is 83.6 cm³/mol. The molecule has 24 heavy (non-hydrogen) atoms. The number of hydrogen-bond acceptors (Lipinski definition) is 2. The molecule has 0 N–H and O–H groups in total. The van der Waals surface area contributed by atoms with E-state index in [1.165, 1.54) is 11.1 Å². The van der Waals surface area contributed by atoms with E-state index in [2.05, 4.69) is 29.0 Å². The molecule has 126 valence electrons. The van der Waals surface area contributed by atoms with E-state index >= 15 is 0 Å². The normalized spacial score (nSPS) is 14.1. The molecule has 0 saturated heterocycles. The summed E-state index contributed by atoms with van der Waals surface area (Å²) in [6, 6.07) is 14.2. The SMILES string of the molecule is O=C(OCc1cc2ccc1CCc1ccc(cc1)CC2)C(F)(F)F. The Morgan fingerprint density at radius 2 is 1.42 bits per heavy atom. The van der Waals surface area contributed by atoms with Crippen LogP contribution in [0.2, 0.25) is 0 Å². The standard InChI is InChI=1S/C19H17F3O2/c20-19(21,22)18(23)24-12-17-11-15-6-5-13-1-3-14(4-2-13)7-9-16(17)10-8-15/h1-4,8,10-11H,5-7,9,12H2. The lowest BCUT2D eigenvalue weighted by Crippen LogP contribution is -2.25. The van der Waals surface area contributed by atoms with Gasteiger partial charge in [0, 0.05) is 0 Å². The highest BCUT2D eigenvalue weighted by Crippen LogP contribution is 2.22. The van der Waals surface area contributed by atoms with Crippen molar-refractivity contribution in [3.05, 3.63) is 70.3 Å². The predicted octanol–water partition coefficient (Wildman–Crippen LogP) is 4.18. The van der Waals surface area contributed by atoms with Crippen molar-refractivity contribution in [2.45, 2.75) is 38.5 Å². The third-order valence-corrected chi connectivity index (χ3v) is 4.27. The topological polar surface area (TPSA) is 26.3 Å². The summed E-state index contributed by atoms with van der Waals surface area (Å²) in [6.07, 6.45) is -1.82. The van der Waals surface area contributed by atoms with Crippen molar-refractivity contribution in [3.63, 3.8) is 0 Å². The summed E-state index contributed by atoms with van der Waals surface area (Å²) in [4.78, 5) is 11.0. The second-order valence-electron chi connectivity index (χ2n) is 5.99. The van der Waals surface area contributed by atoms with Crippen LogP contribution in [0.25, 0.3) is 0 Å². The van der Waals surface area contributed by atoms with E-state index in [4.69, 9.17) is 0 Å². The molecule has 0 aromatic heterocycles. The first-order valence-corrected chi connectivity index (χ1v) is 7.84. The van der Waals surface area contributed by atoms with Crippen LogP contribution in [-0.4, -0.2) is 12.1 Å². The van der Waals surface area contributed by atoms with Crippen LogP contribution in [-0.2, 0) is 41.8 Å². The Morgan fingerprint density at radius 1 is 0.875 bits per heavy atom. The molecule has 4 aliphatic carbocycles. The zero-order chi connectivity index (χ0) is 17.2. The number of carbonyl (C=O) groups is 1. The quantitative estimate of drug-likeness (QED) is 0.770. The van der Waals surface area contributed by atoms with E-state index in [1.54, 1.807) is 0 Å². The monoisotopic (exact) mass is 334 g/mol. The van der Waals surface area contributed by atoms with Gasteiger partial charge in [0.1, 0.15) is 6.61 Å². The molecule has 4 aliphatic rings. The minimum Gasteiger partial charge on any atom is -0.454 e. The van der Waals surface area contributed by atoms with Crippen molar-refractivity contribution in [1.82, 2.24) is 0 Å². The Kier molecular flexibility index (Phi) is 4.60. The van der Waals surface area contributed by atoms with Gasteiger partial charge in [0.25, 0.3) is 0 Å². The summed E-state index contributed by atoms with van der Waals surface area (Å²) < 4.78 is 41.4. The van der Waals surface area contributed by atoms with Crippen LogP contribution in [0.3, 0.4) is 0 Å². The fourth-order valence-corrected chi connectivity index (χ4v) is 2.88. The Bertz CT molecular complexity index is 733. The second-order valence-corrected chi connectivity index (χ2v) is 5.99. The highest BCUT2D eigenvalue weighted by molar-refractivity contribution is 5.75. The van der Waals surface area contributed by atoms with Crippen LogP contribution in [0.15, 0.2) is 42.5 Å². The van der Waals surface area contributed by atoms with Crippen LogP contribution in [0.5, 0.6) is 0 Å². The van der Waals surface area contributed by atoms with Crippen LogP contribution in [0.4, 0.5) is 13.2 Å². The minimum absolute atomic E-state index is 0.348. The van der Waals surface area contributed by atoms with Gasteiger partial charge in [-0.3, -0.25) is 0 Å². The maximum Gasteiger partial charge on any atom is 0.490 e.